The van der Waals surface area contributed by atoms with Crippen LogP contribution in [0.4, 0.5) is 8.78 Å². The third-order valence-electron chi connectivity index (χ3n) is 6.72. The number of pyridine rings is 4. The van der Waals surface area contributed by atoms with Crippen LogP contribution < -0.4 is 48.5 Å². The smallest absolute Gasteiger partial charge is 0.870 e. The maximum Gasteiger partial charge on any atom is 1.00 e. The van der Waals surface area contributed by atoms with Crippen molar-refractivity contribution in [2.45, 2.75) is 13.8 Å². The molecule has 0 amide bonds. The zero-order valence-corrected chi connectivity index (χ0v) is 38.2. The average molecular weight is 907 g/mol. The number of aromatic carboxylic acids is 1. The van der Waals surface area contributed by atoms with Gasteiger partial charge in [-0.15, -0.1) is 30.7 Å². The van der Waals surface area contributed by atoms with Crippen LogP contribution in [-0.2, 0) is 4.74 Å². The second kappa shape index (κ2) is 29.5. The van der Waals surface area contributed by atoms with E-state index in [2.05, 4.69) is 86.1 Å². The third-order valence-corrected chi connectivity index (χ3v) is 6.72. The van der Waals surface area contributed by atoms with Crippen molar-refractivity contribution in [1.82, 2.24) is 39.9 Å². The van der Waals surface area contributed by atoms with Crippen molar-refractivity contribution in [3.63, 3.8) is 0 Å². The van der Waals surface area contributed by atoms with E-state index in [4.69, 9.17) is 36.9 Å². The summed E-state index contributed by atoms with van der Waals surface area (Å²) in [7, 11) is 5.95. The number of hydrogen-bond donors (Lipinski definition) is 1. The number of terminal acetylenes is 2. The van der Waals surface area contributed by atoms with Crippen molar-refractivity contribution in [1.29, 1.82) is 0 Å². The average Bonchev–Trinajstić information content (AvgIpc) is 3.29. The van der Waals surface area contributed by atoms with Gasteiger partial charge in [0.1, 0.15) is 23.1 Å². The molecule has 0 aliphatic heterocycles. The maximum absolute atomic E-state index is 13.3. The van der Waals surface area contributed by atoms with Gasteiger partial charge in [0.2, 0.25) is 0 Å². The number of carbonyl (C=O) groups is 2. The van der Waals surface area contributed by atoms with Gasteiger partial charge in [-0.05, 0) is 49.7 Å². The number of hydrogen-bond acceptors (Lipinski definition) is 16. The van der Waals surface area contributed by atoms with Crippen LogP contribution in [0.1, 0.15) is 34.6 Å². The van der Waals surface area contributed by atoms with Gasteiger partial charge < -0.3 is 34.3 Å². The van der Waals surface area contributed by atoms with E-state index in [1.54, 1.807) is 32.2 Å². The largest absolute Gasteiger partial charge is 1.00 e. The Labute approximate surface area is 387 Å². The number of carboxylic acid groups (broad SMARTS) is 1. The Balaban J connectivity index is 0.000000525. The van der Waals surface area contributed by atoms with Crippen LogP contribution in [0.15, 0.2) is 86.2 Å². The molecule has 0 saturated heterocycles. The molecule has 17 nitrogen and oxygen atoms in total. The number of carboxylic acids is 1. The molecule has 2 unspecified atom stereocenters. The summed E-state index contributed by atoms with van der Waals surface area (Å²) in [4.78, 5) is 54.5. The molecule has 0 aromatic carbocycles. The van der Waals surface area contributed by atoms with E-state index in [0.29, 0.717) is 41.7 Å². The van der Waals surface area contributed by atoms with E-state index in [0.717, 1.165) is 12.4 Å². The molecular weight excluding hydrogens is 871 g/mol. The Morgan fingerprint density at radius 3 is 1.40 bits per heavy atom. The number of ether oxygens (including phenoxy) is 5. The fourth-order valence-electron chi connectivity index (χ4n) is 4.26. The monoisotopic (exact) mass is 906 g/mol. The Morgan fingerprint density at radius 2 is 1.05 bits per heavy atom. The minimum absolute atomic E-state index is 0. The molecule has 2 atom stereocenters. The molecule has 0 radical (unpaired) electrons. The van der Waals surface area contributed by atoms with Crippen LogP contribution in [-0.4, -0.2) is 82.7 Å². The van der Waals surface area contributed by atoms with Crippen LogP contribution in [0.5, 0.6) is 34.8 Å². The number of aromatic nitrogens is 8. The third kappa shape index (κ3) is 17.6. The fraction of sp³-hybridized carbons (Fsp3) is 0.122. The molecule has 6 rings (SSSR count). The summed E-state index contributed by atoms with van der Waals surface area (Å²) < 4.78 is 53.2. The number of esters is 1. The first kappa shape index (κ1) is 54.3. The van der Waals surface area contributed by atoms with Crippen LogP contribution in [0.3, 0.4) is 0 Å². The molecule has 6 heterocycles. The number of carbonyl (C=O) groups excluding carboxylic acids is 1. The standard InChI is InChI=1S/C18H15FN4O4.C17H13FN4O4.C6H2.Na.H2O.H4P2/c1-3-26-15-5-13(19)9-23-17(15)27-14-4-11(6-20-10-14)16-21-7-12(8-22-16)18(24)25-2;1-2-25-14-4-12(18)8-22-16(14)26-13-3-10(5-19-9-13)15-20-6-11(7-21-15)17(23)24;1-3-5-6-4-2;;;1-2/h4-10H,3H2,1-2H3;3-9H,2H2,1H3,(H,23,24);1-2H;;1H2;1-2H2/q;;;+1;;/p-1. The second-order valence-corrected chi connectivity index (χ2v) is 10.7. The minimum atomic E-state index is -1.11. The molecule has 63 heavy (non-hydrogen) atoms. The van der Waals surface area contributed by atoms with Crippen molar-refractivity contribution in [3.05, 3.63) is 109 Å². The van der Waals surface area contributed by atoms with Gasteiger partial charge in [0.25, 0.3) is 11.8 Å². The summed E-state index contributed by atoms with van der Waals surface area (Å²) in [6.07, 6.45) is 22.5. The Bertz CT molecular complexity index is 2540. The Kier molecular flexibility index (Phi) is 25.4. The zero-order chi connectivity index (χ0) is 44.6. The van der Waals surface area contributed by atoms with E-state index in [1.807, 2.05) is 0 Å². The van der Waals surface area contributed by atoms with Gasteiger partial charge in [-0.1, -0.05) is 0 Å². The van der Waals surface area contributed by atoms with E-state index >= 15 is 0 Å². The molecule has 318 valence electrons. The summed E-state index contributed by atoms with van der Waals surface area (Å²) >= 11 is 0. The first-order chi connectivity index (χ1) is 29.6. The molecule has 0 aliphatic rings. The van der Waals surface area contributed by atoms with Gasteiger partial charge in [0, 0.05) is 60.4 Å². The van der Waals surface area contributed by atoms with Crippen LogP contribution >= 0.6 is 17.9 Å². The molecular formula is C41H35F2N8NaO9P2. The Morgan fingerprint density at radius 1 is 0.651 bits per heavy atom. The molecule has 2 N–H and O–H groups in total. The number of nitrogens with zero attached hydrogens (tertiary/aromatic N) is 8. The summed E-state index contributed by atoms with van der Waals surface area (Å²) in [5.41, 5.74) is 1.29. The predicted octanol–water partition coefficient (Wildman–Crippen LogP) is 3.75. The van der Waals surface area contributed by atoms with E-state index < -0.39 is 23.6 Å². The van der Waals surface area contributed by atoms with Gasteiger partial charge in [0.15, 0.2) is 23.1 Å². The molecule has 0 aliphatic carbocycles. The van der Waals surface area contributed by atoms with Crippen molar-refractivity contribution >= 4 is 29.8 Å². The summed E-state index contributed by atoms with van der Waals surface area (Å²) in [6, 6.07) is 5.61. The van der Waals surface area contributed by atoms with Gasteiger partial charge in [-0.2, -0.15) is 0 Å². The molecule has 0 fully saturated rings. The number of methoxy groups -OCH3 is 1. The Hall–Kier alpha value is -6.74. The van der Waals surface area contributed by atoms with Gasteiger partial charge in [0.05, 0.1) is 56.2 Å². The summed E-state index contributed by atoms with van der Waals surface area (Å²) in [5, 5.41) is 8.89. The van der Waals surface area contributed by atoms with Gasteiger partial charge >= 0.3 is 41.5 Å². The van der Waals surface area contributed by atoms with Crippen molar-refractivity contribution in [2.24, 2.45) is 0 Å². The van der Waals surface area contributed by atoms with Crippen molar-refractivity contribution in [3.8, 4) is 94.1 Å². The first-order valence-corrected chi connectivity index (χ1v) is 19.8. The quantitative estimate of drug-likeness (QED) is 0.0797. The second-order valence-electron chi connectivity index (χ2n) is 10.7. The van der Waals surface area contributed by atoms with Crippen molar-refractivity contribution in [2.75, 3.05) is 20.3 Å². The first-order valence-electron chi connectivity index (χ1n) is 17.1. The molecule has 0 spiro atoms. The molecule has 6 aromatic heterocycles. The van der Waals surface area contributed by atoms with Gasteiger partial charge in [-0.3, -0.25) is 9.97 Å². The summed E-state index contributed by atoms with van der Waals surface area (Å²) in [6.45, 7) is 4.19. The summed E-state index contributed by atoms with van der Waals surface area (Å²) in [5.74, 6) is 7.73. The fourth-order valence-corrected chi connectivity index (χ4v) is 4.26. The van der Waals surface area contributed by atoms with E-state index in [9.17, 15) is 18.4 Å². The predicted molar refractivity (Wildman–Crippen MR) is 226 cm³/mol. The van der Waals surface area contributed by atoms with Crippen LogP contribution in [0.2, 0.25) is 0 Å². The minimum Gasteiger partial charge on any atom is -0.870 e. The van der Waals surface area contributed by atoms with Crippen LogP contribution in [0.25, 0.3) is 22.8 Å². The number of halogens is 2. The van der Waals surface area contributed by atoms with Crippen LogP contribution in [0, 0.1) is 48.2 Å². The van der Waals surface area contributed by atoms with Crippen molar-refractivity contribution < 1.29 is 82.2 Å². The molecule has 22 heteroatoms. The van der Waals surface area contributed by atoms with Gasteiger partial charge in [-0.25, -0.2) is 48.3 Å². The maximum atomic E-state index is 13.3. The molecule has 0 saturated carbocycles. The topological polar surface area (TPSA) is 234 Å². The number of rotatable bonds is 12. The molecule has 0 bridgehead atoms. The zero-order valence-electron chi connectivity index (χ0n) is 33.9. The SMILES string of the molecule is C#CC#CC#C.CCOc1cc(F)cnc1Oc1cncc(-c2ncc(C(=O)O)cn2)c1.CCOc1cc(F)cnc1Oc1cncc(-c2ncc(C(=O)OC)cn2)c1.PP.[Na+].[OH-]. The van der Waals surface area contributed by atoms with E-state index in [1.165, 1.54) is 62.6 Å². The molecule has 6 aromatic rings. The normalized spacial score (nSPS) is 9.10. The van der Waals surface area contributed by atoms with E-state index in [-0.39, 0.29) is 75.2 Å².